The average Bonchev–Trinajstić information content (AvgIpc) is 2.07. The van der Waals surface area contributed by atoms with E-state index < -0.39 is 31.2 Å². The third-order valence-electron chi connectivity index (χ3n) is 1.69. The van der Waals surface area contributed by atoms with Gasteiger partial charge in [0, 0.05) is 6.08 Å². The zero-order valence-corrected chi connectivity index (χ0v) is 15.6. The molecule has 0 atom stereocenters. The molecule has 0 aromatic carbocycles. The highest BCUT2D eigenvalue weighted by Crippen LogP contribution is 2.20. The highest BCUT2D eigenvalue weighted by atomic mass is 28.5. The first-order valence-electron chi connectivity index (χ1n) is 6.06. The second-order valence-corrected chi connectivity index (χ2v) is 19.0. The minimum atomic E-state index is -2.47. The maximum atomic E-state index is 11.2. The smallest absolute Gasteiger partial charge is 0.353 e. The second-order valence-electron chi connectivity index (χ2n) is 6.37. The SMILES string of the molecule is C=CC(=O)OC[Si](C)(O[Si](C)(C)C)O[Si](C)(C)C. The quantitative estimate of drug-likeness (QED) is 0.412. The van der Waals surface area contributed by atoms with Gasteiger partial charge >= 0.3 is 14.5 Å². The lowest BCUT2D eigenvalue weighted by Crippen LogP contribution is -2.56. The Morgan fingerprint density at radius 2 is 1.39 bits per heavy atom. The third kappa shape index (κ3) is 8.81. The molecule has 7 heteroatoms. The maximum absolute atomic E-state index is 11.2. The van der Waals surface area contributed by atoms with Crippen molar-refractivity contribution in [3.63, 3.8) is 0 Å². The molecule has 0 aliphatic rings. The van der Waals surface area contributed by atoms with Gasteiger partial charge in [-0.3, -0.25) is 0 Å². The lowest BCUT2D eigenvalue weighted by atomic mass is 10.7. The first-order chi connectivity index (χ1) is 7.87. The monoisotopic (exact) mass is 306 g/mol. The van der Waals surface area contributed by atoms with Gasteiger partial charge in [-0.05, 0) is 45.8 Å². The van der Waals surface area contributed by atoms with Crippen molar-refractivity contribution in [3.05, 3.63) is 12.7 Å². The van der Waals surface area contributed by atoms with Gasteiger partial charge in [-0.25, -0.2) is 4.79 Å². The van der Waals surface area contributed by atoms with Crippen LogP contribution in [0.4, 0.5) is 0 Å². The Labute approximate surface area is 114 Å². The molecule has 0 aliphatic carbocycles. The Morgan fingerprint density at radius 1 is 1.00 bits per heavy atom. The molecular weight excluding hydrogens is 280 g/mol. The van der Waals surface area contributed by atoms with E-state index in [1.165, 1.54) is 0 Å². The molecule has 106 valence electrons. The van der Waals surface area contributed by atoms with Gasteiger partial charge in [-0.2, -0.15) is 0 Å². The minimum Gasteiger partial charge on any atom is -0.461 e. The minimum absolute atomic E-state index is 0.229. The summed E-state index contributed by atoms with van der Waals surface area (Å²) < 4.78 is 17.5. The topological polar surface area (TPSA) is 44.8 Å². The molecule has 0 saturated carbocycles. The van der Waals surface area contributed by atoms with Crippen LogP contribution in [0.3, 0.4) is 0 Å². The van der Waals surface area contributed by atoms with Gasteiger partial charge in [0.15, 0.2) is 16.6 Å². The molecular formula is C11H26O4Si3. The van der Waals surface area contributed by atoms with Crippen molar-refractivity contribution in [2.75, 3.05) is 6.23 Å². The molecule has 0 spiro atoms. The number of carbonyl (C=O) groups is 1. The standard InChI is InChI=1S/C11H26O4Si3/c1-9-11(12)13-10-18(8,14-16(2,3)4)15-17(5,6)7/h9H,1,10H2,2-8H3. The molecule has 0 heterocycles. The molecule has 18 heavy (non-hydrogen) atoms. The normalized spacial score (nSPS) is 13.3. The molecule has 0 bridgehead atoms. The summed E-state index contributed by atoms with van der Waals surface area (Å²) in [5.41, 5.74) is 0. The number of rotatable bonds is 7. The van der Waals surface area contributed by atoms with Gasteiger partial charge in [0.25, 0.3) is 0 Å². The van der Waals surface area contributed by atoms with Gasteiger partial charge in [0.1, 0.15) is 6.23 Å². The molecule has 0 unspecified atom stereocenters. The summed E-state index contributed by atoms with van der Waals surface area (Å²) in [5.74, 6) is -0.424. The van der Waals surface area contributed by atoms with Crippen molar-refractivity contribution in [2.45, 2.75) is 45.8 Å². The highest BCUT2D eigenvalue weighted by Gasteiger charge is 2.41. The predicted octanol–water partition coefficient (Wildman–Crippen LogP) is 3.03. The number of carbonyl (C=O) groups excluding carboxylic acids is 1. The summed E-state index contributed by atoms with van der Waals surface area (Å²) in [4.78, 5) is 11.2. The van der Waals surface area contributed by atoms with Crippen molar-refractivity contribution < 1.29 is 17.8 Å². The summed E-state index contributed by atoms with van der Waals surface area (Å²) >= 11 is 0. The lowest BCUT2D eigenvalue weighted by molar-refractivity contribution is -0.136. The summed E-state index contributed by atoms with van der Waals surface area (Å²) in [6, 6.07) is 0. The van der Waals surface area contributed by atoms with Crippen LogP contribution in [0.2, 0.25) is 45.8 Å². The van der Waals surface area contributed by atoms with Crippen LogP contribution in [0.15, 0.2) is 12.7 Å². The molecule has 0 saturated heterocycles. The summed E-state index contributed by atoms with van der Waals surface area (Å²) in [6.45, 7) is 18.0. The summed E-state index contributed by atoms with van der Waals surface area (Å²) in [5, 5.41) is 0. The van der Waals surface area contributed by atoms with Crippen molar-refractivity contribution in [3.8, 4) is 0 Å². The summed E-state index contributed by atoms with van der Waals surface area (Å²) in [7, 11) is -5.93. The summed E-state index contributed by atoms with van der Waals surface area (Å²) in [6.07, 6.45) is 1.39. The number of ether oxygens (including phenoxy) is 1. The van der Waals surface area contributed by atoms with Crippen LogP contribution in [0.5, 0.6) is 0 Å². The van der Waals surface area contributed by atoms with E-state index in [0.717, 1.165) is 6.08 Å². The van der Waals surface area contributed by atoms with E-state index in [9.17, 15) is 4.79 Å². The van der Waals surface area contributed by atoms with E-state index in [0.29, 0.717) is 0 Å². The Hall–Kier alpha value is -0.219. The highest BCUT2D eigenvalue weighted by molar-refractivity contribution is 6.87. The molecule has 0 amide bonds. The fourth-order valence-electron chi connectivity index (χ4n) is 1.64. The Bertz CT molecular complexity index is 288. The Morgan fingerprint density at radius 3 is 1.67 bits per heavy atom. The zero-order chi connectivity index (χ0) is 14.6. The van der Waals surface area contributed by atoms with E-state index in [-0.39, 0.29) is 6.23 Å². The van der Waals surface area contributed by atoms with E-state index in [1.807, 2.05) is 6.55 Å². The zero-order valence-electron chi connectivity index (χ0n) is 12.6. The van der Waals surface area contributed by atoms with Crippen molar-refractivity contribution in [1.82, 2.24) is 0 Å². The predicted molar refractivity (Wildman–Crippen MR) is 81.6 cm³/mol. The van der Waals surface area contributed by atoms with E-state index in [4.69, 9.17) is 13.0 Å². The number of esters is 1. The fourth-order valence-corrected chi connectivity index (χ4v) is 13.4. The van der Waals surface area contributed by atoms with Crippen LogP contribution in [-0.4, -0.2) is 37.4 Å². The van der Waals surface area contributed by atoms with Gasteiger partial charge < -0.3 is 13.0 Å². The van der Waals surface area contributed by atoms with E-state index in [2.05, 4.69) is 45.9 Å². The molecule has 0 rings (SSSR count). The van der Waals surface area contributed by atoms with Gasteiger partial charge in [0.2, 0.25) is 0 Å². The van der Waals surface area contributed by atoms with E-state index in [1.54, 1.807) is 0 Å². The molecule has 0 fully saturated rings. The van der Waals surface area contributed by atoms with Gasteiger partial charge in [0.05, 0.1) is 0 Å². The first-order valence-corrected chi connectivity index (χ1v) is 15.4. The molecule has 0 aromatic rings. The average molecular weight is 307 g/mol. The third-order valence-corrected chi connectivity index (χ3v) is 10.7. The van der Waals surface area contributed by atoms with Crippen LogP contribution in [0.25, 0.3) is 0 Å². The van der Waals surface area contributed by atoms with Crippen molar-refractivity contribution in [2.24, 2.45) is 0 Å². The van der Waals surface area contributed by atoms with Crippen LogP contribution in [0.1, 0.15) is 0 Å². The fraction of sp³-hybridized carbons (Fsp3) is 0.727. The molecule has 0 N–H and O–H groups in total. The molecule has 0 aromatic heterocycles. The second kappa shape index (κ2) is 6.29. The maximum Gasteiger partial charge on any atom is 0.353 e. The van der Waals surface area contributed by atoms with Gasteiger partial charge in [-0.15, -0.1) is 0 Å². The lowest BCUT2D eigenvalue weighted by Gasteiger charge is -2.37. The Balaban J connectivity index is 4.80. The molecule has 4 nitrogen and oxygen atoms in total. The van der Waals surface area contributed by atoms with Crippen molar-refractivity contribution >= 4 is 31.2 Å². The van der Waals surface area contributed by atoms with Crippen LogP contribution < -0.4 is 0 Å². The van der Waals surface area contributed by atoms with E-state index >= 15 is 0 Å². The number of hydrogen-bond acceptors (Lipinski definition) is 4. The van der Waals surface area contributed by atoms with Crippen LogP contribution in [-0.2, 0) is 17.8 Å². The molecule has 0 aliphatic heterocycles. The van der Waals surface area contributed by atoms with Crippen molar-refractivity contribution in [1.29, 1.82) is 0 Å². The van der Waals surface area contributed by atoms with Crippen LogP contribution >= 0.6 is 0 Å². The molecule has 0 radical (unpaired) electrons. The van der Waals surface area contributed by atoms with Gasteiger partial charge in [-0.1, -0.05) is 6.58 Å². The largest absolute Gasteiger partial charge is 0.461 e. The Kier molecular flexibility index (Phi) is 6.21. The number of hydrogen-bond donors (Lipinski definition) is 0. The van der Waals surface area contributed by atoms with Crippen LogP contribution in [0, 0.1) is 0 Å². The first kappa shape index (κ1) is 17.8.